The molecule has 0 aliphatic carbocycles. The lowest BCUT2D eigenvalue weighted by atomic mass is 10.1. The SMILES string of the molecule is O=C(Oc1cccnc1Br)c1ccc2c(c1)C(=O)N(Cc1ccco1)C2=O. The predicted molar refractivity (Wildman–Crippen MR) is 96.2 cm³/mol. The first-order valence-corrected chi connectivity index (χ1v) is 8.69. The van der Waals surface area contributed by atoms with Crippen molar-refractivity contribution < 1.29 is 23.5 Å². The van der Waals surface area contributed by atoms with E-state index in [1.165, 1.54) is 24.5 Å². The van der Waals surface area contributed by atoms with Gasteiger partial charge in [0.25, 0.3) is 11.8 Å². The third kappa shape index (κ3) is 3.15. The van der Waals surface area contributed by atoms with Crippen molar-refractivity contribution in [2.75, 3.05) is 0 Å². The van der Waals surface area contributed by atoms with E-state index in [1.54, 1.807) is 30.5 Å². The first kappa shape index (κ1) is 17.2. The largest absolute Gasteiger partial charge is 0.467 e. The van der Waals surface area contributed by atoms with E-state index in [2.05, 4.69) is 20.9 Å². The third-order valence-corrected chi connectivity index (χ3v) is 4.62. The molecule has 3 heterocycles. The number of hydrogen-bond donors (Lipinski definition) is 0. The van der Waals surface area contributed by atoms with Crippen molar-refractivity contribution in [1.82, 2.24) is 9.88 Å². The van der Waals surface area contributed by atoms with Gasteiger partial charge in [0.1, 0.15) is 10.4 Å². The number of aromatic nitrogens is 1. The Hall–Kier alpha value is -3.26. The molecule has 2 aromatic heterocycles. The molecule has 27 heavy (non-hydrogen) atoms. The van der Waals surface area contributed by atoms with Gasteiger partial charge in [-0.15, -0.1) is 0 Å². The van der Waals surface area contributed by atoms with Crippen LogP contribution in [-0.4, -0.2) is 27.7 Å². The molecular formula is C19H11BrN2O5. The van der Waals surface area contributed by atoms with Gasteiger partial charge in [-0.05, 0) is 58.4 Å². The van der Waals surface area contributed by atoms with Crippen molar-refractivity contribution in [1.29, 1.82) is 0 Å². The van der Waals surface area contributed by atoms with Crippen molar-refractivity contribution in [2.45, 2.75) is 6.54 Å². The molecule has 1 aliphatic rings. The number of pyridine rings is 1. The molecule has 0 N–H and O–H groups in total. The summed E-state index contributed by atoms with van der Waals surface area (Å²) < 4.78 is 10.9. The van der Waals surface area contributed by atoms with Crippen molar-refractivity contribution in [3.63, 3.8) is 0 Å². The summed E-state index contributed by atoms with van der Waals surface area (Å²) in [6.45, 7) is 0.0295. The minimum absolute atomic E-state index is 0.0295. The highest BCUT2D eigenvalue weighted by Gasteiger charge is 2.36. The molecule has 0 fully saturated rings. The Balaban J connectivity index is 1.59. The number of rotatable bonds is 4. The highest BCUT2D eigenvalue weighted by molar-refractivity contribution is 9.10. The summed E-state index contributed by atoms with van der Waals surface area (Å²) in [5, 5.41) is 0. The Labute approximate surface area is 161 Å². The molecule has 0 spiro atoms. The predicted octanol–water partition coefficient (Wildman–Crippen LogP) is 3.45. The first-order chi connectivity index (χ1) is 13.0. The van der Waals surface area contributed by atoms with Gasteiger partial charge < -0.3 is 9.15 Å². The lowest BCUT2D eigenvalue weighted by molar-refractivity contribution is 0.0631. The Morgan fingerprint density at radius 2 is 1.93 bits per heavy atom. The molecular weight excluding hydrogens is 416 g/mol. The monoisotopic (exact) mass is 426 g/mol. The van der Waals surface area contributed by atoms with Crippen LogP contribution in [0, 0.1) is 0 Å². The molecule has 0 unspecified atom stereocenters. The molecule has 0 saturated heterocycles. The first-order valence-electron chi connectivity index (χ1n) is 7.90. The van der Waals surface area contributed by atoms with Crippen LogP contribution in [-0.2, 0) is 6.54 Å². The van der Waals surface area contributed by atoms with Crippen molar-refractivity contribution in [2.24, 2.45) is 0 Å². The zero-order chi connectivity index (χ0) is 19.0. The molecule has 2 amide bonds. The summed E-state index contributed by atoms with van der Waals surface area (Å²) in [4.78, 5) is 42.5. The number of imide groups is 1. The standard InChI is InChI=1S/C19H11BrN2O5/c20-16-15(4-1-7-21-16)27-19(25)11-5-6-13-14(9-11)18(24)22(17(13)23)10-12-3-2-8-26-12/h1-9H,10H2. The van der Waals surface area contributed by atoms with E-state index >= 15 is 0 Å². The summed E-state index contributed by atoms with van der Waals surface area (Å²) in [6.07, 6.45) is 3.02. The molecule has 1 aromatic carbocycles. The number of esters is 1. The van der Waals surface area contributed by atoms with Crippen LogP contribution in [0.15, 0.2) is 63.9 Å². The number of furan rings is 1. The minimum atomic E-state index is -0.656. The minimum Gasteiger partial charge on any atom is -0.467 e. The van der Waals surface area contributed by atoms with Crippen molar-refractivity contribution in [3.05, 3.63) is 82.0 Å². The Bertz CT molecular complexity index is 1060. The summed E-state index contributed by atoms with van der Waals surface area (Å²) in [5.74, 6) is -0.823. The van der Waals surface area contributed by atoms with Gasteiger partial charge in [0.15, 0.2) is 5.75 Å². The van der Waals surface area contributed by atoms with Crippen molar-refractivity contribution >= 4 is 33.7 Å². The van der Waals surface area contributed by atoms with E-state index in [9.17, 15) is 14.4 Å². The number of halogens is 1. The van der Waals surface area contributed by atoms with Crippen molar-refractivity contribution in [3.8, 4) is 5.75 Å². The Morgan fingerprint density at radius 3 is 2.67 bits per heavy atom. The second-order valence-electron chi connectivity index (χ2n) is 5.72. The van der Waals surface area contributed by atoms with Gasteiger partial charge in [-0.25, -0.2) is 9.78 Å². The number of carbonyl (C=O) groups excluding carboxylic acids is 3. The van der Waals surface area contributed by atoms with Gasteiger partial charge in [0, 0.05) is 6.20 Å². The summed E-state index contributed by atoms with van der Waals surface area (Å²) in [6, 6.07) is 10.8. The highest BCUT2D eigenvalue weighted by atomic mass is 79.9. The molecule has 0 saturated carbocycles. The fraction of sp³-hybridized carbons (Fsp3) is 0.0526. The van der Waals surface area contributed by atoms with Gasteiger partial charge in [-0.2, -0.15) is 0 Å². The molecule has 0 radical (unpaired) electrons. The molecule has 3 aromatic rings. The number of amides is 2. The zero-order valence-electron chi connectivity index (χ0n) is 13.7. The Morgan fingerprint density at radius 1 is 1.11 bits per heavy atom. The lowest BCUT2D eigenvalue weighted by Crippen LogP contribution is -2.28. The van der Waals surface area contributed by atoms with Gasteiger partial charge in [-0.1, -0.05) is 0 Å². The number of nitrogens with zero attached hydrogens (tertiary/aromatic N) is 2. The molecule has 1 aliphatic heterocycles. The number of ether oxygens (including phenoxy) is 1. The van der Waals surface area contributed by atoms with E-state index in [4.69, 9.17) is 9.15 Å². The number of carbonyl (C=O) groups is 3. The summed E-state index contributed by atoms with van der Waals surface area (Å²) in [5.41, 5.74) is 0.558. The molecule has 0 bridgehead atoms. The Kier molecular flexibility index (Phi) is 4.33. The molecule has 134 valence electrons. The maximum atomic E-state index is 12.6. The maximum Gasteiger partial charge on any atom is 0.343 e. The number of hydrogen-bond acceptors (Lipinski definition) is 6. The molecule has 4 rings (SSSR count). The second kappa shape index (κ2) is 6.81. The maximum absolute atomic E-state index is 12.6. The number of benzene rings is 1. The normalized spacial score (nSPS) is 13.0. The van der Waals surface area contributed by atoms with E-state index < -0.39 is 17.8 Å². The fourth-order valence-electron chi connectivity index (χ4n) is 2.73. The average molecular weight is 427 g/mol. The lowest BCUT2D eigenvalue weighted by Gasteiger charge is -2.11. The van der Waals surface area contributed by atoms with Crippen LogP contribution in [0.25, 0.3) is 0 Å². The zero-order valence-corrected chi connectivity index (χ0v) is 15.3. The van der Waals surface area contributed by atoms with Gasteiger partial charge in [0.05, 0.1) is 29.5 Å². The van der Waals surface area contributed by atoms with Crippen LogP contribution >= 0.6 is 15.9 Å². The van der Waals surface area contributed by atoms with Crippen LogP contribution in [0.2, 0.25) is 0 Å². The topological polar surface area (TPSA) is 89.7 Å². The number of fused-ring (bicyclic) bond motifs is 1. The quantitative estimate of drug-likeness (QED) is 0.360. The molecule has 8 heteroatoms. The van der Waals surface area contributed by atoms with E-state index in [0.717, 1.165) is 4.90 Å². The molecule has 0 atom stereocenters. The van der Waals surface area contributed by atoms with Crippen LogP contribution in [0.5, 0.6) is 5.75 Å². The smallest absolute Gasteiger partial charge is 0.343 e. The van der Waals surface area contributed by atoms with Gasteiger partial charge in [0.2, 0.25) is 0 Å². The summed E-state index contributed by atoms with van der Waals surface area (Å²) >= 11 is 3.20. The average Bonchev–Trinajstić information content (AvgIpc) is 3.26. The molecule has 7 nitrogen and oxygen atoms in total. The fourth-order valence-corrected chi connectivity index (χ4v) is 3.06. The van der Waals surface area contributed by atoms with E-state index in [-0.39, 0.29) is 29.0 Å². The van der Waals surface area contributed by atoms with Crippen LogP contribution in [0.3, 0.4) is 0 Å². The van der Waals surface area contributed by atoms with Crippen LogP contribution < -0.4 is 4.74 Å². The van der Waals surface area contributed by atoms with Crippen LogP contribution in [0.1, 0.15) is 36.8 Å². The third-order valence-electron chi connectivity index (χ3n) is 4.03. The van der Waals surface area contributed by atoms with Gasteiger partial charge in [-0.3, -0.25) is 14.5 Å². The van der Waals surface area contributed by atoms with E-state index in [1.807, 2.05) is 0 Å². The van der Waals surface area contributed by atoms with Crippen LogP contribution in [0.4, 0.5) is 0 Å². The highest BCUT2D eigenvalue weighted by Crippen LogP contribution is 2.27. The van der Waals surface area contributed by atoms with Gasteiger partial charge >= 0.3 is 5.97 Å². The summed E-state index contributed by atoms with van der Waals surface area (Å²) in [7, 11) is 0. The van der Waals surface area contributed by atoms with E-state index in [0.29, 0.717) is 10.4 Å². The second-order valence-corrected chi connectivity index (χ2v) is 6.47.